The third-order valence-corrected chi connectivity index (χ3v) is 4.70. The van der Waals surface area contributed by atoms with Gasteiger partial charge < -0.3 is 5.73 Å². The van der Waals surface area contributed by atoms with E-state index in [-0.39, 0.29) is 11.5 Å². The Morgan fingerprint density at radius 3 is 2.65 bits per heavy atom. The number of halogens is 1. The highest BCUT2D eigenvalue weighted by Crippen LogP contribution is 2.18. The van der Waals surface area contributed by atoms with Gasteiger partial charge in [-0.05, 0) is 12.1 Å². The molecule has 5 nitrogen and oxygen atoms in total. The number of rotatable bonds is 2. The maximum absolute atomic E-state index is 11.3. The van der Waals surface area contributed by atoms with E-state index in [1.54, 1.807) is 12.1 Å². The summed E-state index contributed by atoms with van der Waals surface area (Å²) in [6, 6.07) is 3.35. The second kappa shape index (κ2) is 4.80. The maximum atomic E-state index is 11.3. The summed E-state index contributed by atoms with van der Waals surface area (Å²) in [5.41, 5.74) is 6.29. The first-order valence-corrected chi connectivity index (χ1v) is 7.50. The van der Waals surface area contributed by atoms with Gasteiger partial charge in [0, 0.05) is 19.6 Å². The Labute approximate surface area is 105 Å². The van der Waals surface area contributed by atoms with Crippen molar-refractivity contribution in [3.8, 4) is 0 Å². The minimum absolute atomic E-state index is 0.201. The first kappa shape index (κ1) is 12.6. The molecule has 0 bridgehead atoms. The van der Waals surface area contributed by atoms with E-state index in [2.05, 4.69) is 4.98 Å². The fourth-order valence-corrected chi connectivity index (χ4v) is 3.17. The lowest BCUT2D eigenvalue weighted by Crippen LogP contribution is -2.39. The molecule has 2 heterocycles. The topological polar surface area (TPSA) is 76.3 Å². The van der Waals surface area contributed by atoms with Crippen molar-refractivity contribution in [3.63, 3.8) is 0 Å². The van der Waals surface area contributed by atoms with Crippen LogP contribution in [-0.4, -0.2) is 42.9 Å². The van der Waals surface area contributed by atoms with Gasteiger partial charge in [0.1, 0.15) is 5.82 Å². The van der Waals surface area contributed by atoms with Gasteiger partial charge in [-0.3, -0.25) is 4.90 Å². The van der Waals surface area contributed by atoms with Crippen LogP contribution >= 0.6 is 11.6 Å². The number of hydrogen-bond donors (Lipinski definition) is 1. The van der Waals surface area contributed by atoms with Crippen LogP contribution in [0.1, 0.15) is 5.69 Å². The van der Waals surface area contributed by atoms with E-state index in [4.69, 9.17) is 17.3 Å². The molecule has 0 aliphatic carbocycles. The highest BCUT2D eigenvalue weighted by molar-refractivity contribution is 7.91. The van der Waals surface area contributed by atoms with Crippen LogP contribution in [0.5, 0.6) is 0 Å². The number of anilines is 1. The Hall–Kier alpha value is -0.850. The van der Waals surface area contributed by atoms with Crippen LogP contribution in [0.2, 0.25) is 5.02 Å². The number of sulfone groups is 1. The summed E-state index contributed by atoms with van der Waals surface area (Å²) in [6.45, 7) is 1.59. The normalized spacial score (nSPS) is 20.3. The van der Waals surface area contributed by atoms with Crippen LogP contribution in [0.25, 0.3) is 0 Å². The number of nitrogens with zero attached hydrogens (tertiary/aromatic N) is 2. The van der Waals surface area contributed by atoms with Crippen molar-refractivity contribution in [3.05, 3.63) is 22.8 Å². The maximum Gasteiger partial charge on any atom is 0.152 e. The second-order valence-electron chi connectivity index (χ2n) is 4.09. The van der Waals surface area contributed by atoms with Gasteiger partial charge in [-0.2, -0.15) is 0 Å². The second-order valence-corrected chi connectivity index (χ2v) is 6.80. The summed E-state index contributed by atoms with van der Waals surface area (Å²) in [4.78, 5) is 6.18. The van der Waals surface area contributed by atoms with E-state index in [1.165, 1.54) is 0 Å². The summed E-state index contributed by atoms with van der Waals surface area (Å²) < 4.78 is 22.6. The first-order chi connectivity index (χ1) is 7.96. The molecule has 1 aliphatic heterocycles. The summed E-state index contributed by atoms with van der Waals surface area (Å²) >= 11 is 6.01. The Morgan fingerprint density at radius 1 is 1.35 bits per heavy atom. The molecule has 1 aromatic heterocycles. The summed E-state index contributed by atoms with van der Waals surface area (Å²) in [5.74, 6) is 0.828. The molecule has 2 N–H and O–H groups in total. The lowest BCUT2D eigenvalue weighted by atomic mass is 10.3. The molecular weight excluding hydrogens is 262 g/mol. The quantitative estimate of drug-likeness (QED) is 0.853. The van der Waals surface area contributed by atoms with Crippen LogP contribution in [0.15, 0.2) is 12.1 Å². The van der Waals surface area contributed by atoms with E-state index in [0.29, 0.717) is 36.2 Å². The monoisotopic (exact) mass is 275 g/mol. The van der Waals surface area contributed by atoms with Gasteiger partial charge in [-0.1, -0.05) is 11.6 Å². The van der Waals surface area contributed by atoms with Crippen molar-refractivity contribution in [2.24, 2.45) is 0 Å². The number of hydrogen-bond acceptors (Lipinski definition) is 5. The molecule has 7 heteroatoms. The Balaban J connectivity index is 2.05. The highest BCUT2D eigenvalue weighted by atomic mass is 35.5. The zero-order valence-electron chi connectivity index (χ0n) is 9.26. The van der Waals surface area contributed by atoms with E-state index in [9.17, 15) is 8.42 Å². The molecule has 2 rings (SSSR count). The van der Waals surface area contributed by atoms with Crippen molar-refractivity contribution >= 4 is 27.3 Å². The Bertz CT molecular complexity index is 504. The van der Waals surface area contributed by atoms with Gasteiger partial charge in [0.05, 0.1) is 22.2 Å². The molecule has 1 aromatic rings. The molecule has 0 saturated carbocycles. The summed E-state index contributed by atoms with van der Waals surface area (Å²) in [7, 11) is -2.85. The molecule has 94 valence electrons. The SMILES string of the molecule is Nc1ccc(Cl)c(CN2CCS(=O)(=O)CC2)n1. The molecule has 1 fully saturated rings. The third kappa shape index (κ3) is 3.31. The molecule has 0 aromatic carbocycles. The number of nitrogens with two attached hydrogens (primary N) is 1. The number of aromatic nitrogens is 1. The minimum atomic E-state index is -2.85. The van der Waals surface area contributed by atoms with Crippen molar-refractivity contribution in [1.29, 1.82) is 0 Å². The minimum Gasteiger partial charge on any atom is -0.384 e. The summed E-state index contributed by atoms with van der Waals surface area (Å²) in [5, 5.41) is 0.563. The first-order valence-electron chi connectivity index (χ1n) is 5.30. The zero-order chi connectivity index (χ0) is 12.5. The van der Waals surface area contributed by atoms with Crippen LogP contribution < -0.4 is 5.73 Å². The summed E-state index contributed by atoms with van der Waals surface area (Å²) in [6.07, 6.45) is 0. The van der Waals surface area contributed by atoms with Crippen LogP contribution in [0.4, 0.5) is 5.82 Å². The zero-order valence-corrected chi connectivity index (χ0v) is 10.8. The van der Waals surface area contributed by atoms with Crippen molar-refractivity contribution in [2.45, 2.75) is 6.54 Å². The van der Waals surface area contributed by atoms with Gasteiger partial charge in [0.25, 0.3) is 0 Å². The van der Waals surface area contributed by atoms with E-state index < -0.39 is 9.84 Å². The van der Waals surface area contributed by atoms with Crippen LogP contribution in [0, 0.1) is 0 Å². The van der Waals surface area contributed by atoms with Gasteiger partial charge in [-0.25, -0.2) is 13.4 Å². The third-order valence-electron chi connectivity index (χ3n) is 2.75. The average Bonchev–Trinajstić information content (AvgIpc) is 2.26. The average molecular weight is 276 g/mol. The Kier molecular flexibility index (Phi) is 3.56. The van der Waals surface area contributed by atoms with Gasteiger partial charge in [-0.15, -0.1) is 0 Å². The molecule has 1 saturated heterocycles. The molecule has 0 amide bonds. The van der Waals surface area contributed by atoms with Crippen LogP contribution in [-0.2, 0) is 16.4 Å². The highest BCUT2D eigenvalue weighted by Gasteiger charge is 2.22. The smallest absolute Gasteiger partial charge is 0.152 e. The Morgan fingerprint density at radius 2 is 2.00 bits per heavy atom. The van der Waals surface area contributed by atoms with Crippen molar-refractivity contribution in [2.75, 3.05) is 30.3 Å². The fraction of sp³-hybridized carbons (Fsp3) is 0.500. The molecule has 17 heavy (non-hydrogen) atoms. The molecule has 1 aliphatic rings. The van der Waals surface area contributed by atoms with Crippen molar-refractivity contribution < 1.29 is 8.42 Å². The van der Waals surface area contributed by atoms with Gasteiger partial charge in [0.2, 0.25) is 0 Å². The molecule has 0 atom stereocenters. The van der Waals surface area contributed by atoms with E-state index in [1.807, 2.05) is 4.90 Å². The molecule has 0 spiro atoms. The standard InChI is InChI=1S/C10H14ClN3O2S/c11-8-1-2-10(12)13-9(8)7-14-3-5-17(15,16)6-4-14/h1-2H,3-7H2,(H2,12,13). The lowest BCUT2D eigenvalue weighted by Gasteiger charge is -2.26. The van der Waals surface area contributed by atoms with Crippen molar-refractivity contribution in [1.82, 2.24) is 9.88 Å². The molecule has 0 unspecified atom stereocenters. The number of pyridine rings is 1. The van der Waals surface area contributed by atoms with Gasteiger partial charge in [0.15, 0.2) is 9.84 Å². The fourth-order valence-electron chi connectivity index (χ4n) is 1.73. The largest absolute Gasteiger partial charge is 0.384 e. The molecule has 0 radical (unpaired) electrons. The van der Waals surface area contributed by atoms with E-state index >= 15 is 0 Å². The lowest BCUT2D eigenvalue weighted by molar-refractivity contribution is 0.284. The van der Waals surface area contributed by atoms with Crippen LogP contribution in [0.3, 0.4) is 0 Å². The predicted molar refractivity (Wildman–Crippen MR) is 67.6 cm³/mol. The van der Waals surface area contributed by atoms with Gasteiger partial charge >= 0.3 is 0 Å². The predicted octanol–water partition coefficient (Wildman–Crippen LogP) is 0.548. The number of nitrogen functional groups attached to an aromatic ring is 1. The molecular formula is C10H14ClN3O2S. The van der Waals surface area contributed by atoms with E-state index in [0.717, 1.165) is 0 Å².